The minimum atomic E-state index is 0.631. The minimum absolute atomic E-state index is 0.631. The van der Waals surface area contributed by atoms with Gasteiger partial charge in [0, 0.05) is 0 Å². The lowest BCUT2D eigenvalue weighted by Crippen LogP contribution is -1.72. The lowest BCUT2D eigenvalue weighted by molar-refractivity contribution is 0.662. The van der Waals surface area contributed by atoms with Crippen LogP contribution in [0.25, 0.3) is 0 Å². The zero-order valence-corrected chi connectivity index (χ0v) is 6.07. The second-order valence-electron chi connectivity index (χ2n) is 2.21. The van der Waals surface area contributed by atoms with E-state index in [1.165, 1.54) is 19.3 Å². The number of rotatable bonds is 5. The van der Waals surface area contributed by atoms with E-state index < -0.39 is 0 Å². The molecule has 54 valence electrons. The molecular weight excluding hydrogens is 115 g/mol. The quantitative estimate of drug-likeness (QED) is 0.500. The van der Waals surface area contributed by atoms with Crippen LogP contribution in [0.5, 0.6) is 0 Å². The predicted octanol–water partition coefficient (Wildman–Crippen LogP) is 3.44. The van der Waals surface area contributed by atoms with E-state index in [0.29, 0.717) is 6.33 Å². The lowest BCUT2D eigenvalue weighted by Gasteiger charge is -1.91. The van der Waals surface area contributed by atoms with Crippen LogP contribution in [0.3, 0.4) is 0 Å². The first-order valence-corrected chi connectivity index (χ1v) is 3.67. The highest BCUT2D eigenvalue weighted by Gasteiger charge is 1.82. The van der Waals surface area contributed by atoms with E-state index in [1.54, 1.807) is 6.08 Å². The number of unbranched alkanes of at least 4 members (excludes halogenated alkanes) is 4. The highest BCUT2D eigenvalue weighted by atomic mass is 19.1. The van der Waals surface area contributed by atoms with Crippen molar-refractivity contribution in [3.8, 4) is 0 Å². The van der Waals surface area contributed by atoms with Crippen molar-refractivity contribution in [3.63, 3.8) is 0 Å². The summed E-state index contributed by atoms with van der Waals surface area (Å²) in [6, 6.07) is 0. The monoisotopic (exact) mass is 130 g/mol. The van der Waals surface area contributed by atoms with Crippen LogP contribution in [-0.4, -0.2) is 0 Å². The average molecular weight is 130 g/mol. The number of allylic oxidation sites excluding steroid dienone is 1. The third-order valence-electron chi connectivity index (χ3n) is 1.31. The van der Waals surface area contributed by atoms with E-state index in [1.807, 2.05) is 0 Å². The Morgan fingerprint density at radius 1 is 1.22 bits per heavy atom. The van der Waals surface area contributed by atoms with Gasteiger partial charge in [-0.15, -0.1) is 0 Å². The Morgan fingerprint density at radius 2 is 2.00 bits per heavy atom. The van der Waals surface area contributed by atoms with Crippen molar-refractivity contribution in [2.45, 2.75) is 39.0 Å². The van der Waals surface area contributed by atoms with Crippen molar-refractivity contribution in [2.75, 3.05) is 0 Å². The lowest BCUT2D eigenvalue weighted by atomic mass is 10.2. The van der Waals surface area contributed by atoms with Crippen LogP contribution in [0.1, 0.15) is 39.0 Å². The molecule has 0 rings (SSSR count). The molecule has 1 heteroatoms. The fraction of sp³-hybridized carbons (Fsp3) is 0.750. The van der Waals surface area contributed by atoms with Gasteiger partial charge in [-0.25, -0.2) is 4.39 Å². The standard InChI is InChI=1S/C8H15F/c1-2-3-4-5-6-7-8-9/h7-8H,2-6H2,1H3/b8-7+. The second kappa shape index (κ2) is 7.67. The van der Waals surface area contributed by atoms with Crippen LogP contribution >= 0.6 is 0 Å². The molecule has 0 N–H and O–H groups in total. The number of hydrogen-bond acceptors (Lipinski definition) is 0. The van der Waals surface area contributed by atoms with Crippen molar-refractivity contribution < 1.29 is 4.39 Å². The Balaban J connectivity index is 2.75. The number of hydrogen-bond donors (Lipinski definition) is 0. The Bertz CT molecular complexity index is 67.0. The first kappa shape index (κ1) is 8.67. The van der Waals surface area contributed by atoms with Crippen molar-refractivity contribution in [2.24, 2.45) is 0 Å². The van der Waals surface area contributed by atoms with E-state index in [2.05, 4.69) is 6.92 Å². The van der Waals surface area contributed by atoms with Gasteiger partial charge in [-0.2, -0.15) is 0 Å². The molecule has 0 heterocycles. The van der Waals surface area contributed by atoms with E-state index >= 15 is 0 Å². The highest BCUT2D eigenvalue weighted by molar-refractivity contribution is 4.71. The van der Waals surface area contributed by atoms with Crippen LogP contribution in [0.2, 0.25) is 0 Å². The molecule has 9 heavy (non-hydrogen) atoms. The summed E-state index contributed by atoms with van der Waals surface area (Å²) in [5, 5.41) is 0. The van der Waals surface area contributed by atoms with Crippen molar-refractivity contribution in [3.05, 3.63) is 12.4 Å². The topological polar surface area (TPSA) is 0 Å². The Morgan fingerprint density at radius 3 is 2.56 bits per heavy atom. The van der Waals surface area contributed by atoms with Gasteiger partial charge in [0.15, 0.2) is 0 Å². The molecule has 0 aromatic heterocycles. The molecule has 0 aliphatic heterocycles. The first-order valence-electron chi connectivity index (χ1n) is 3.67. The molecule has 0 spiro atoms. The largest absolute Gasteiger partial charge is 0.216 e. The van der Waals surface area contributed by atoms with Gasteiger partial charge in [0.25, 0.3) is 0 Å². The maximum atomic E-state index is 11.3. The molecule has 0 aliphatic carbocycles. The third kappa shape index (κ3) is 7.67. The summed E-state index contributed by atoms with van der Waals surface area (Å²) in [6.07, 6.45) is 8.01. The van der Waals surface area contributed by atoms with Gasteiger partial charge in [-0.3, -0.25) is 0 Å². The van der Waals surface area contributed by atoms with Crippen LogP contribution in [0.15, 0.2) is 12.4 Å². The molecule has 0 bridgehead atoms. The van der Waals surface area contributed by atoms with Crippen LogP contribution < -0.4 is 0 Å². The highest BCUT2D eigenvalue weighted by Crippen LogP contribution is 2.02. The molecule has 0 unspecified atom stereocenters. The van der Waals surface area contributed by atoms with Gasteiger partial charge in [-0.05, 0) is 12.8 Å². The summed E-state index contributed by atoms with van der Waals surface area (Å²) < 4.78 is 11.3. The van der Waals surface area contributed by atoms with Crippen molar-refractivity contribution in [1.82, 2.24) is 0 Å². The smallest absolute Gasteiger partial charge is 0.0827 e. The first-order chi connectivity index (χ1) is 4.41. The number of halogens is 1. The van der Waals surface area contributed by atoms with Crippen LogP contribution in [-0.2, 0) is 0 Å². The zero-order chi connectivity index (χ0) is 6.95. The minimum Gasteiger partial charge on any atom is -0.216 e. The molecule has 0 saturated heterocycles. The zero-order valence-electron chi connectivity index (χ0n) is 6.07. The third-order valence-corrected chi connectivity index (χ3v) is 1.31. The molecular formula is C8H15F. The second-order valence-corrected chi connectivity index (χ2v) is 2.21. The van der Waals surface area contributed by atoms with Crippen molar-refractivity contribution >= 4 is 0 Å². The van der Waals surface area contributed by atoms with E-state index in [4.69, 9.17) is 0 Å². The Hall–Kier alpha value is -0.330. The predicted molar refractivity (Wildman–Crippen MR) is 39.0 cm³/mol. The molecule has 0 fully saturated rings. The van der Waals surface area contributed by atoms with Gasteiger partial charge in [-0.1, -0.05) is 32.3 Å². The van der Waals surface area contributed by atoms with Gasteiger partial charge >= 0.3 is 0 Å². The fourth-order valence-electron chi connectivity index (χ4n) is 0.752. The van der Waals surface area contributed by atoms with E-state index in [-0.39, 0.29) is 0 Å². The SMILES string of the molecule is CCCCCC/C=C/F. The molecule has 0 aromatic rings. The fourth-order valence-corrected chi connectivity index (χ4v) is 0.752. The molecule has 0 atom stereocenters. The summed E-state index contributed by atoms with van der Waals surface area (Å²) in [4.78, 5) is 0. The molecule has 0 nitrogen and oxygen atoms in total. The maximum absolute atomic E-state index is 11.3. The molecule has 0 amide bonds. The van der Waals surface area contributed by atoms with Gasteiger partial charge in [0.2, 0.25) is 0 Å². The Kier molecular flexibility index (Phi) is 7.39. The molecule has 0 aromatic carbocycles. The van der Waals surface area contributed by atoms with Crippen molar-refractivity contribution in [1.29, 1.82) is 0 Å². The van der Waals surface area contributed by atoms with E-state index in [0.717, 1.165) is 12.8 Å². The summed E-state index contributed by atoms with van der Waals surface area (Å²) in [5.74, 6) is 0. The van der Waals surface area contributed by atoms with Gasteiger partial charge in [0.05, 0.1) is 6.33 Å². The summed E-state index contributed by atoms with van der Waals surface area (Å²) in [5.41, 5.74) is 0. The molecule has 0 aliphatic rings. The van der Waals surface area contributed by atoms with Gasteiger partial charge < -0.3 is 0 Å². The molecule has 0 radical (unpaired) electrons. The summed E-state index contributed by atoms with van der Waals surface area (Å²) in [7, 11) is 0. The summed E-state index contributed by atoms with van der Waals surface area (Å²) in [6.45, 7) is 2.17. The van der Waals surface area contributed by atoms with Gasteiger partial charge in [0.1, 0.15) is 0 Å². The normalized spacial score (nSPS) is 10.9. The average Bonchev–Trinajstić information content (AvgIpc) is 1.89. The van der Waals surface area contributed by atoms with Crippen LogP contribution in [0, 0.1) is 0 Å². The summed E-state index contributed by atoms with van der Waals surface area (Å²) >= 11 is 0. The maximum Gasteiger partial charge on any atom is 0.0827 e. The Labute approximate surface area is 56.8 Å². The molecule has 0 saturated carbocycles. The van der Waals surface area contributed by atoms with Crippen LogP contribution in [0.4, 0.5) is 4.39 Å². The van der Waals surface area contributed by atoms with E-state index in [9.17, 15) is 4.39 Å².